The predicted octanol–water partition coefficient (Wildman–Crippen LogP) is 5.43. The van der Waals surface area contributed by atoms with E-state index < -0.39 is 21.7 Å². The van der Waals surface area contributed by atoms with Crippen molar-refractivity contribution in [3.05, 3.63) is 72.2 Å². The van der Waals surface area contributed by atoms with Gasteiger partial charge in [0.15, 0.2) is 11.6 Å². The first kappa shape index (κ1) is 48.2. The summed E-state index contributed by atoms with van der Waals surface area (Å²) in [6.45, 7) is 21.7. The number of ketones is 2. The topological polar surface area (TPSA) is 133 Å². The Labute approximate surface area is 300 Å². The largest absolute Gasteiger partial charge is 4.00 e. The molecule has 0 fully saturated rings. The van der Waals surface area contributed by atoms with E-state index in [4.69, 9.17) is 0 Å². The van der Waals surface area contributed by atoms with Crippen molar-refractivity contribution in [3.63, 3.8) is 0 Å². The average molecular weight is 687 g/mol. The minimum absolute atomic E-state index is 0. The Morgan fingerprint density at radius 1 is 0.489 bits per heavy atom. The van der Waals surface area contributed by atoms with Crippen LogP contribution in [0.1, 0.15) is 83.1 Å². The molecule has 0 atom stereocenters. The van der Waals surface area contributed by atoms with Crippen LogP contribution in [0.3, 0.4) is 0 Å². The number of carbonyl (C=O) groups is 2. The van der Waals surface area contributed by atoms with Crippen molar-refractivity contribution in [3.8, 4) is 11.5 Å². The molecular formula is C38H58N2O6Ti. The Morgan fingerprint density at radius 2 is 0.702 bits per heavy atom. The number of hydrogen-bond donors (Lipinski definition) is 0. The van der Waals surface area contributed by atoms with Crippen LogP contribution in [0.25, 0.3) is 0 Å². The summed E-state index contributed by atoms with van der Waals surface area (Å²) >= 11 is 0. The molecule has 0 aliphatic heterocycles. The first-order valence-corrected chi connectivity index (χ1v) is 15.3. The van der Waals surface area contributed by atoms with Gasteiger partial charge in [0.25, 0.3) is 0 Å². The van der Waals surface area contributed by atoms with Gasteiger partial charge in [-0.15, -0.1) is 23.0 Å². The third-order valence-corrected chi connectivity index (χ3v) is 6.19. The SMILES string of the molecule is CC(C)(C)C(=O)C=C([O-])C(C)(C)C.CC(C)(C)C(=O)C=C([O-])C(C)(C)C.CN(C)c1ccc([O-])cc1.CN(C)c1ccc([O-])cc1.[Ti+4]. The molecule has 0 saturated heterocycles. The van der Waals surface area contributed by atoms with E-state index >= 15 is 0 Å². The maximum atomic E-state index is 11.4. The van der Waals surface area contributed by atoms with Crippen molar-refractivity contribution in [2.24, 2.45) is 21.7 Å². The van der Waals surface area contributed by atoms with Gasteiger partial charge >= 0.3 is 21.7 Å². The second kappa shape index (κ2) is 20.2. The van der Waals surface area contributed by atoms with Gasteiger partial charge in [-0.3, -0.25) is 9.59 Å². The molecule has 47 heavy (non-hydrogen) atoms. The van der Waals surface area contributed by atoms with Crippen molar-refractivity contribution in [2.75, 3.05) is 38.0 Å². The van der Waals surface area contributed by atoms with E-state index in [1.54, 1.807) is 24.3 Å². The van der Waals surface area contributed by atoms with Gasteiger partial charge in [0, 0.05) is 50.4 Å². The number of allylic oxidation sites excluding steroid dienone is 4. The van der Waals surface area contributed by atoms with Crippen LogP contribution in [0.4, 0.5) is 11.4 Å². The van der Waals surface area contributed by atoms with Gasteiger partial charge in [-0.25, -0.2) is 0 Å². The smallest absolute Gasteiger partial charge is 0.875 e. The summed E-state index contributed by atoms with van der Waals surface area (Å²) in [6, 6.07) is 13.5. The van der Waals surface area contributed by atoms with Gasteiger partial charge in [-0.05, 0) is 47.2 Å². The summed E-state index contributed by atoms with van der Waals surface area (Å²) in [5, 5.41) is 44.1. The Kier molecular flexibility index (Phi) is 20.7. The second-order valence-corrected chi connectivity index (χ2v) is 15.5. The van der Waals surface area contributed by atoms with E-state index in [-0.39, 0.29) is 56.3 Å². The standard InChI is InChI=1S/2C11H20O2.2C8H11NO.Ti/c2*1-10(2,3)8(12)7-9(13)11(4,5)6;2*1-9(2)7-3-5-8(10)6-4-7;/h2*7,12H,1-6H3;2*3-6,10H,1-2H3;/q;;;;+4/p-4. The maximum absolute atomic E-state index is 11.4. The number of anilines is 2. The van der Waals surface area contributed by atoms with Gasteiger partial charge in [0.1, 0.15) is 0 Å². The second-order valence-electron chi connectivity index (χ2n) is 15.5. The van der Waals surface area contributed by atoms with Crippen LogP contribution in [-0.2, 0) is 31.3 Å². The van der Waals surface area contributed by atoms with Gasteiger partial charge in [-0.1, -0.05) is 107 Å². The molecule has 260 valence electrons. The van der Waals surface area contributed by atoms with Crippen molar-refractivity contribution in [2.45, 2.75) is 83.1 Å². The zero-order valence-electron chi connectivity index (χ0n) is 31.6. The molecule has 0 bridgehead atoms. The average Bonchev–Trinajstić information content (AvgIpc) is 2.88. The van der Waals surface area contributed by atoms with Crippen LogP contribution in [0, 0.1) is 21.7 Å². The van der Waals surface area contributed by atoms with Crippen LogP contribution in [0.2, 0.25) is 0 Å². The fourth-order valence-corrected chi connectivity index (χ4v) is 2.59. The summed E-state index contributed by atoms with van der Waals surface area (Å²) in [6.07, 6.45) is 2.44. The molecule has 0 amide bonds. The zero-order valence-corrected chi connectivity index (χ0v) is 33.2. The first-order chi connectivity index (χ1) is 20.5. The number of rotatable bonds is 4. The van der Waals surface area contributed by atoms with E-state index in [1.807, 2.05) is 145 Å². The van der Waals surface area contributed by atoms with Gasteiger partial charge < -0.3 is 30.2 Å². The van der Waals surface area contributed by atoms with E-state index in [9.17, 15) is 30.0 Å². The zero-order chi connectivity index (χ0) is 36.8. The predicted molar refractivity (Wildman–Crippen MR) is 184 cm³/mol. The Bertz CT molecular complexity index is 1170. The van der Waals surface area contributed by atoms with Crippen molar-refractivity contribution in [1.29, 1.82) is 0 Å². The third-order valence-electron chi connectivity index (χ3n) is 6.19. The van der Waals surface area contributed by atoms with E-state index in [1.165, 1.54) is 12.2 Å². The fourth-order valence-electron chi connectivity index (χ4n) is 2.59. The van der Waals surface area contributed by atoms with Gasteiger partial charge in [0.05, 0.1) is 0 Å². The van der Waals surface area contributed by atoms with Crippen molar-refractivity contribution in [1.82, 2.24) is 0 Å². The molecule has 2 aromatic rings. The molecule has 0 heterocycles. The molecule has 0 spiro atoms. The molecule has 0 aliphatic carbocycles. The summed E-state index contributed by atoms with van der Waals surface area (Å²) in [5.41, 5.74) is 0.281. The minimum Gasteiger partial charge on any atom is -0.875 e. The number of nitrogens with zero attached hydrogens (tertiary/aromatic N) is 2. The molecule has 2 rings (SSSR count). The normalized spacial score (nSPS) is 12.0. The van der Waals surface area contributed by atoms with Crippen LogP contribution in [0.5, 0.6) is 11.5 Å². The quantitative estimate of drug-likeness (QED) is 0.236. The maximum Gasteiger partial charge on any atom is 4.00 e. The summed E-state index contributed by atoms with van der Waals surface area (Å²) in [7, 11) is 7.78. The van der Waals surface area contributed by atoms with E-state index in [2.05, 4.69) is 0 Å². The van der Waals surface area contributed by atoms with Gasteiger partial charge in [-0.2, -0.15) is 0 Å². The number of carbonyl (C=O) groups excluding carboxylic acids is 2. The van der Waals surface area contributed by atoms with Crippen LogP contribution in [-0.4, -0.2) is 39.8 Å². The molecule has 0 N–H and O–H groups in total. The fraction of sp³-hybridized carbons (Fsp3) is 0.526. The molecule has 0 aliphatic rings. The Morgan fingerprint density at radius 3 is 0.851 bits per heavy atom. The first-order valence-electron chi connectivity index (χ1n) is 15.3. The minimum atomic E-state index is -0.457. The molecule has 0 saturated carbocycles. The Hall–Kier alpha value is -3.23. The van der Waals surface area contributed by atoms with Crippen LogP contribution >= 0.6 is 0 Å². The molecule has 0 unspecified atom stereocenters. The van der Waals surface area contributed by atoms with E-state index in [0.29, 0.717) is 0 Å². The number of benzene rings is 2. The van der Waals surface area contributed by atoms with E-state index in [0.717, 1.165) is 11.4 Å². The van der Waals surface area contributed by atoms with Crippen molar-refractivity contribution >= 4 is 22.9 Å². The number of hydrogen-bond acceptors (Lipinski definition) is 8. The monoisotopic (exact) mass is 686 g/mol. The molecule has 9 heteroatoms. The summed E-state index contributed by atoms with van der Waals surface area (Å²) in [4.78, 5) is 26.8. The molecule has 2 aromatic carbocycles. The molecule has 0 radical (unpaired) electrons. The summed E-state index contributed by atoms with van der Waals surface area (Å²) < 4.78 is 0. The molecule has 8 nitrogen and oxygen atoms in total. The van der Waals surface area contributed by atoms with Crippen molar-refractivity contribution < 1.29 is 51.7 Å². The third kappa shape index (κ3) is 22.1. The van der Waals surface area contributed by atoms with Gasteiger partial charge in [0.2, 0.25) is 0 Å². The molecular weight excluding hydrogens is 628 g/mol. The van der Waals surface area contributed by atoms with Crippen LogP contribution in [0.15, 0.2) is 72.2 Å². The molecule has 0 aromatic heterocycles. The van der Waals surface area contributed by atoms with Crippen LogP contribution < -0.4 is 30.2 Å². The summed E-state index contributed by atoms with van der Waals surface area (Å²) in [5.74, 6) is -0.295. The Balaban J connectivity index is -0.000000548.